The van der Waals surface area contributed by atoms with E-state index in [-0.39, 0.29) is 5.78 Å². The number of aryl methyl sites for hydroxylation is 1. The van der Waals surface area contributed by atoms with Crippen molar-refractivity contribution in [3.8, 4) is 0 Å². The number of aromatic nitrogens is 1. The number of benzene rings is 3. The lowest BCUT2D eigenvalue weighted by molar-refractivity contribution is 0.103. The Labute approximate surface area is 151 Å². The van der Waals surface area contributed by atoms with Crippen LogP contribution in [-0.4, -0.2) is 10.4 Å². The Kier molecular flexibility index (Phi) is 4.15. The number of rotatable bonds is 4. The third kappa shape index (κ3) is 2.82. The summed E-state index contributed by atoms with van der Waals surface area (Å²) in [5.74, 6) is -0.0636. The number of hydrogen-bond acceptors (Lipinski definition) is 3. The third-order valence-corrected chi connectivity index (χ3v) is 4.35. The third-order valence-electron chi connectivity index (χ3n) is 4.35. The fraction of sp³-hybridized carbons (Fsp3) is 0.0455. The summed E-state index contributed by atoms with van der Waals surface area (Å²) in [6.45, 7) is 0. The van der Waals surface area contributed by atoms with Crippen molar-refractivity contribution < 1.29 is 4.79 Å². The molecule has 4 aromatic rings. The molecule has 4 heteroatoms. The number of azo groups is 1. The smallest absolute Gasteiger partial charge is 0.211 e. The van der Waals surface area contributed by atoms with Crippen LogP contribution in [0.3, 0.4) is 0 Å². The summed E-state index contributed by atoms with van der Waals surface area (Å²) < 4.78 is 1.89. The maximum absolute atomic E-state index is 13.1. The van der Waals surface area contributed by atoms with E-state index in [0.717, 1.165) is 16.6 Å². The zero-order valence-corrected chi connectivity index (χ0v) is 14.3. The van der Waals surface area contributed by atoms with Gasteiger partial charge in [0.05, 0.1) is 11.2 Å². The first-order valence-corrected chi connectivity index (χ1v) is 8.39. The van der Waals surface area contributed by atoms with Gasteiger partial charge in [0.15, 0.2) is 0 Å². The first-order valence-electron chi connectivity index (χ1n) is 8.39. The minimum Gasteiger partial charge on any atom is -0.339 e. The van der Waals surface area contributed by atoms with Crippen molar-refractivity contribution in [1.29, 1.82) is 0 Å². The molecule has 0 aliphatic heterocycles. The molecule has 0 saturated heterocycles. The van der Waals surface area contributed by atoms with Crippen LogP contribution < -0.4 is 0 Å². The maximum Gasteiger partial charge on any atom is 0.211 e. The van der Waals surface area contributed by atoms with Gasteiger partial charge < -0.3 is 4.57 Å². The second kappa shape index (κ2) is 6.76. The molecular formula is C22H17N3O. The molecule has 26 heavy (non-hydrogen) atoms. The van der Waals surface area contributed by atoms with Crippen LogP contribution in [0, 0.1) is 0 Å². The number of para-hydroxylation sites is 1. The van der Waals surface area contributed by atoms with Gasteiger partial charge >= 0.3 is 0 Å². The average molecular weight is 339 g/mol. The quantitative estimate of drug-likeness (QED) is 0.341. The Morgan fingerprint density at radius 2 is 1.38 bits per heavy atom. The van der Waals surface area contributed by atoms with Crippen LogP contribution in [0.25, 0.3) is 10.9 Å². The van der Waals surface area contributed by atoms with E-state index in [1.807, 2.05) is 96.5 Å². The van der Waals surface area contributed by atoms with Gasteiger partial charge in [-0.15, -0.1) is 5.11 Å². The Bertz CT molecular complexity index is 1100. The van der Waals surface area contributed by atoms with Crippen LogP contribution in [0.1, 0.15) is 16.1 Å². The molecule has 0 aliphatic carbocycles. The number of carbonyl (C=O) groups is 1. The predicted octanol–water partition coefficient (Wildman–Crippen LogP) is 5.82. The minimum atomic E-state index is -0.0636. The van der Waals surface area contributed by atoms with E-state index in [9.17, 15) is 4.79 Å². The van der Waals surface area contributed by atoms with Crippen LogP contribution >= 0.6 is 0 Å². The molecule has 1 heterocycles. The SMILES string of the molecule is Cn1c(C(=O)c2ccccc2)c(N=Nc2ccccc2)c2ccccc21. The Morgan fingerprint density at radius 1 is 0.769 bits per heavy atom. The largest absolute Gasteiger partial charge is 0.339 e. The first kappa shape index (κ1) is 16.0. The van der Waals surface area contributed by atoms with Crippen molar-refractivity contribution in [2.45, 2.75) is 0 Å². The second-order valence-corrected chi connectivity index (χ2v) is 6.00. The Morgan fingerprint density at radius 3 is 2.12 bits per heavy atom. The number of nitrogens with zero attached hydrogens (tertiary/aromatic N) is 3. The molecule has 0 fully saturated rings. The summed E-state index contributed by atoms with van der Waals surface area (Å²) in [6, 6.07) is 26.6. The molecular weight excluding hydrogens is 322 g/mol. The summed E-state index contributed by atoms with van der Waals surface area (Å²) in [5, 5.41) is 9.70. The van der Waals surface area contributed by atoms with Crippen molar-refractivity contribution in [2.75, 3.05) is 0 Å². The van der Waals surface area contributed by atoms with Gasteiger partial charge in [0.2, 0.25) is 5.78 Å². The minimum absolute atomic E-state index is 0.0636. The number of fused-ring (bicyclic) bond motifs is 1. The van der Waals surface area contributed by atoms with Crippen LogP contribution in [0.15, 0.2) is 95.2 Å². The summed E-state index contributed by atoms with van der Waals surface area (Å²) in [6.07, 6.45) is 0. The van der Waals surface area contributed by atoms with Gasteiger partial charge in [0.1, 0.15) is 11.4 Å². The van der Waals surface area contributed by atoms with Crippen LogP contribution in [0.2, 0.25) is 0 Å². The second-order valence-electron chi connectivity index (χ2n) is 6.00. The molecule has 3 aromatic carbocycles. The number of ketones is 1. The van der Waals surface area contributed by atoms with Crippen molar-refractivity contribution in [1.82, 2.24) is 4.57 Å². The highest BCUT2D eigenvalue weighted by Gasteiger charge is 2.22. The monoisotopic (exact) mass is 339 g/mol. The molecule has 0 unspecified atom stereocenters. The standard InChI is InChI=1S/C22H17N3O/c1-25-19-15-9-8-14-18(19)20(24-23-17-12-6-3-7-13-17)21(25)22(26)16-10-4-2-5-11-16/h2-15H,1H3. The normalized spacial score (nSPS) is 11.3. The van der Waals surface area contributed by atoms with Crippen molar-refractivity contribution in [3.63, 3.8) is 0 Å². The fourth-order valence-electron chi connectivity index (χ4n) is 3.06. The molecule has 4 rings (SSSR count). The molecule has 0 spiro atoms. The summed E-state index contributed by atoms with van der Waals surface area (Å²) in [4.78, 5) is 13.1. The zero-order valence-electron chi connectivity index (χ0n) is 14.3. The lowest BCUT2D eigenvalue weighted by atomic mass is 10.1. The summed E-state index contributed by atoms with van der Waals surface area (Å²) >= 11 is 0. The average Bonchev–Trinajstić information content (AvgIpc) is 2.99. The molecule has 0 aliphatic rings. The maximum atomic E-state index is 13.1. The number of hydrogen-bond donors (Lipinski definition) is 0. The van der Waals surface area contributed by atoms with E-state index >= 15 is 0 Å². The molecule has 0 radical (unpaired) electrons. The van der Waals surface area contributed by atoms with E-state index in [1.54, 1.807) is 0 Å². The van der Waals surface area contributed by atoms with Crippen molar-refractivity contribution >= 4 is 28.1 Å². The van der Waals surface area contributed by atoms with Crippen molar-refractivity contribution in [2.24, 2.45) is 17.3 Å². The van der Waals surface area contributed by atoms with Gasteiger partial charge in [-0.1, -0.05) is 66.7 Å². The molecule has 0 bridgehead atoms. The van der Waals surface area contributed by atoms with E-state index < -0.39 is 0 Å². The van der Waals surface area contributed by atoms with Gasteiger partial charge in [0.25, 0.3) is 0 Å². The van der Waals surface area contributed by atoms with Crippen molar-refractivity contribution in [3.05, 3.63) is 96.2 Å². The van der Waals surface area contributed by atoms with E-state index in [0.29, 0.717) is 16.9 Å². The van der Waals surface area contributed by atoms with Gasteiger partial charge in [0, 0.05) is 18.0 Å². The molecule has 126 valence electrons. The molecule has 0 N–H and O–H groups in total. The highest BCUT2D eigenvalue weighted by Crippen LogP contribution is 2.35. The summed E-state index contributed by atoms with van der Waals surface area (Å²) in [5.41, 5.74) is 3.47. The van der Waals surface area contributed by atoms with E-state index in [1.165, 1.54) is 0 Å². The first-order chi connectivity index (χ1) is 12.8. The van der Waals surface area contributed by atoms with Gasteiger partial charge in [-0.3, -0.25) is 4.79 Å². The van der Waals surface area contributed by atoms with Crippen LogP contribution in [0.5, 0.6) is 0 Å². The van der Waals surface area contributed by atoms with Crippen LogP contribution in [-0.2, 0) is 7.05 Å². The summed E-state index contributed by atoms with van der Waals surface area (Å²) in [7, 11) is 1.89. The molecule has 0 atom stereocenters. The molecule has 4 nitrogen and oxygen atoms in total. The van der Waals surface area contributed by atoms with E-state index in [2.05, 4.69) is 10.2 Å². The Balaban J connectivity index is 1.90. The zero-order chi connectivity index (χ0) is 17.9. The van der Waals surface area contributed by atoms with Crippen LogP contribution in [0.4, 0.5) is 11.4 Å². The topological polar surface area (TPSA) is 46.7 Å². The number of carbonyl (C=O) groups excluding carboxylic acids is 1. The van der Waals surface area contributed by atoms with Gasteiger partial charge in [-0.25, -0.2) is 0 Å². The lowest BCUT2D eigenvalue weighted by Gasteiger charge is -2.04. The van der Waals surface area contributed by atoms with E-state index in [4.69, 9.17) is 0 Å². The predicted molar refractivity (Wildman–Crippen MR) is 103 cm³/mol. The molecule has 0 saturated carbocycles. The van der Waals surface area contributed by atoms with Gasteiger partial charge in [-0.2, -0.15) is 5.11 Å². The Hall–Kier alpha value is -3.53. The van der Waals surface area contributed by atoms with Gasteiger partial charge in [-0.05, 0) is 18.2 Å². The molecule has 0 amide bonds. The fourth-order valence-corrected chi connectivity index (χ4v) is 3.06. The highest BCUT2D eigenvalue weighted by atomic mass is 16.1. The lowest BCUT2D eigenvalue weighted by Crippen LogP contribution is -2.07. The highest BCUT2D eigenvalue weighted by molar-refractivity contribution is 6.15. The molecule has 1 aromatic heterocycles.